The van der Waals surface area contributed by atoms with Gasteiger partial charge in [-0.3, -0.25) is 9.78 Å². The van der Waals surface area contributed by atoms with Crippen molar-refractivity contribution in [2.75, 3.05) is 23.3 Å². The van der Waals surface area contributed by atoms with Gasteiger partial charge in [0.2, 0.25) is 0 Å². The number of piperidine rings is 1. The number of rotatable bonds is 5. The summed E-state index contributed by atoms with van der Waals surface area (Å²) in [6, 6.07) is 7.72. The van der Waals surface area contributed by atoms with Crippen LogP contribution in [0.4, 0.5) is 11.4 Å². The Balaban J connectivity index is 1.54. The summed E-state index contributed by atoms with van der Waals surface area (Å²) in [6.07, 6.45) is 5.59. The lowest BCUT2D eigenvalue weighted by molar-refractivity contribution is -0.123. The number of carbonyl (C=O) groups is 2. The summed E-state index contributed by atoms with van der Waals surface area (Å²) in [5, 5.41) is 2.77. The second-order valence-electron chi connectivity index (χ2n) is 6.67. The van der Waals surface area contributed by atoms with Crippen LogP contribution in [0.15, 0.2) is 36.7 Å². The molecule has 2 heterocycles. The van der Waals surface area contributed by atoms with Crippen molar-refractivity contribution in [1.29, 1.82) is 0 Å². The van der Waals surface area contributed by atoms with Crippen LogP contribution in [0.25, 0.3) is 0 Å². The van der Waals surface area contributed by atoms with E-state index in [1.807, 2.05) is 24.3 Å². The van der Waals surface area contributed by atoms with Crippen molar-refractivity contribution in [3.63, 3.8) is 0 Å². The summed E-state index contributed by atoms with van der Waals surface area (Å²) >= 11 is 0. The van der Waals surface area contributed by atoms with E-state index >= 15 is 0 Å². The molecule has 1 aromatic carbocycles. The molecule has 1 aliphatic heterocycles. The number of nitrogens with one attached hydrogen (secondary N) is 1. The molecule has 3 rings (SSSR count). The molecule has 1 saturated heterocycles. The third-order valence-electron chi connectivity index (χ3n) is 4.50. The Labute approximate surface area is 158 Å². The van der Waals surface area contributed by atoms with Crippen molar-refractivity contribution in [1.82, 2.24) is 9.97 Å². The van der Waals surface area contributed by atoms with E-state index < -0.39 is 18.0 Å². The maximum absolute atomic E-state index is 12.3. The highest BCUT2D eigenvalue weighted by Gasteiger charge is 2.20. The first-order valence-electron chi connectivity index (χ1n) is 9.18. The molecule has 7 heteroatoms. The Morgan fingerprint density at radius 2 is 1.78 bits per heavy atom. The van der Waals surface area contributed by atoms with Gasteiger partial charge in [-0.1, -0.05) is 0 Å². The molecule has 27 heavy (non-hydrogen) atoms. The lowest BCUT2D eigenvalue weighted by atomic mass is 10.1. The van der Waals surface area contributed by atoms with E-state index in [1.165, 1.54) is 38.6 Å². The average molecular weight is 368 g/mol. The van der Waals surface area contributed by atoms with Crippen LogP contribution < -0.4 is 10.2 Å². The lowest BCUT2D eigenvalue weighted by Crippen LogP contribution is -2.30. The number of esters is 1. The van der Waals surface area contributed by atoms with Gasteiger partial charge in [-0.15, -0.1) is 0 Å². The van der Waals surface area contributed by atoms with Crippen molar-refractivity contribution < 1.29 is 14.3 Å². The Kier molecular flexibility index (Phi) is 6.01. The van der Waals surface area contributed by atoms with Crippen LogP contribution in [0, 0.1) is 6.92 Å². The first-order valence-corrected chi connectivity index (χ1v) is 9.18. The van der Waals surface area contributed by atoms with E-state index in [9.17, 15) is 9.59 Å². The molecular formula is C20H24N4O3. The Morgan fingerprint density at radius 3 is 2.41 bits per heavy atom. The van der Waals surface area contributed by atoms with E-state index in [-0.39, 0.29) is 5.69 Å². The van der Waals surface area contributed by atoms with Crippen LogP contribution in [0.2, 0.25) is 0 Å². The number of carbonyl (C=O) groups excluding carboxylic acids is 2. The molecule has 1 aliphatic rings. The van der Waals surface area contributed by atoms with Crippen molar-refractivity contribution in [2.24, 2.45) is 0 Å². The van der Waals surface area contributed by atoms with E-state index in [0.717, 1.165) is 18.8 Å². The van der Waals surface area contributed by atoms with Gasteiger partial charge >= 0.3 is 5.97 Å². The Hall–Kier alpha value is -2.96. The molecule has 1 N–H and O–H groups in total. The molecule has 142 valence electrons. The van der Waals surface area contributed by atoms with Crippen LogP contribution in [0.5, 0.6) is 0 Å². The van der Waals surface area contributed by atoms with Crippen LogP contribution in [0.1, 0.15) is 42.4 Å². The Bertz CT molecular complexity index is 784. The van der Waals surface area contributed by atoms with Crippen LogP contribution in [0.3, 0.4) is 0 Å². The van der Waals surface area contributed by atoms with Gasteiger partial charge in [0.15, 0.2) is 11.8 Å². The Morgan fingerprint density at radius 1 is 1.07 bits per heavy atom. The van der Waals surface area contributed by atoms with Gasteiger partial charge in [-0.2, -0.15) is 0 Å². The molecule has 0 radical (unpaired) electrons. The molecule has 1 amide bonds. The third-order valence-corrected chi connectivity index (χ3v) is 4.50. The molecule has 0 bridgehead atoms. The molecule has 0 spiro atoms. The summed E-state index contributed by atoms with van der Waals surface area (Å²) in [5.41, 5.74) is 2.60. The van der Waals surface area contributed by atoms with Gasteiger partial charge < -0.3 is 15.0 Å². The highest BCUT2D eigenvalue weighted by atomic mass is 16.5. The first-order chi connectivity index (χ1) is 13.0. The van der Waals surface area contributed by atoms with Crippen LogP contribution in [-0.4, -0.2) is 41.0 Å². The SMILES string of the molecule is Cc1cnc(C(=O)O[C@@H](C)C(=O)Nc2ccc(N3CCCCC3)cc2)cn1. The largest absolute Gasteiger partial charge is 0.448 e. The maximum atomic E-state index is 12.3. The monoisotopic (exact) mass is 368 g/mol. The maximum Gasteiger partial charge on any atom is 0.359 e. The molecule has 2 aromatic rings. The molecule has 0 saturated carbocycles. The average Bonchev–Trinajstić information content (AvgIpc) is 2.69. The molecule has 1 fully saturated rings. The van der Waals surface area contributed by atoms with Crippen molar-refractivity contribution >= 4 is 23.3 Å². The number of ether oxygens (including phenoxy) is 1. The predicted molar refractivity (Wildman–Crippen MR) is 103 cm³/mol. The van der Waals surface area contributed by atoms with E-state index in [2.05, 4.69) is 20.2 Å². The second kappa shape index (κ2) is 8.62. The zero-order chi connectivity index (χ0) is 19.2. The molecule has 7 nitrogen and oxygen atoms in total. The predicted octanol–water partition coefficient (Wildman–Crippen LogP) is 2.96. The summed E-state index contributed by atoms with van der Waals surface area (Å²) in [7, 11) is 0. The van der Waals surface area contributed by atoms with Gasteiger partial charge in [0.05, 0.1) is 11.9 Å². The molecule has 1 atom stereocenters. The van der Waals surface area contributed by atoms with Crippen LogP contribution >= 0.6 is 0 Å². The highest BCUT2D eigenvalue weighted by Crippen LogP contribution is 2.22. The second-order valence-corrected chi connectivity index (χ2v) is 6.67. The van der Waals surface area contributed by atoms with Crippen LogP contribution in [-0.2, 0) is 9.53 Å². The molecule has 0 aliphatic carbocycles. The van der Waals surface area contributed by atoms with Gasteiger partial charge in [-0.05, 0) is 57.4 Å². The number of amides is 1. The summed E-state index contributed by atoms with van der Waals surface area (Å²) in [5.74, 6) is -1.07. The fourth-order valence-electron chi connectivity index (χ4n) is 2.92. The smallest absolute Gasteiger partial charge is 0.359 e. The lowest BCUT2D eigenvalue weighted by Gasteiger charge is -2.28. The number of benzene rings is 1. The molecule has 0 unspecified atom stereocenters. The minimum absolute atomic E-state index is 0.0751. The number of aromatic nitrogens is 2. The molecule has 1 aromatic heterocycles. The minimum Gasteiger partial charge on any atom is -0.448 e. The van der Waals surface area contributed by atoms with Gasteiger partial charge in [0, 0.05) is 30.7 Å². The van der Waals surface area contributed by atoms with Gasteiger partial charge in [0.25, 0.3) is 5.91 Å². The topological polar surface area (TPSA) is 84.4 Å². The quantitative estimate of drug-likeness (QED) is 0.817. The van der Waals surface area contributed by atoms with Crippen molar-refractivity contribution in [3.8, 4) is 0 Å². The number of anilines is 2. The van der Waals surface area contributed by atoms with E-state index in [0.29, 0.717) is 11.4 Å². The standard InChI is InChI=1S/C20H24N4O3/c1-14-12-22-18(13-21-14)20(26)27-15(2)19(25)23-16-6-8-17(9-7-16)24-10-4-3-5-11-24/h6-9,12-13,15H,3-5,10-11H2,1-2H3,(H,23,25)/t15-/m0/s1. The number of nitrogens with zero attached hydrogens (tertiary/aromatic N) is 3. The normalized spacial score (nSPS) is 15.1. The fraction of sp³-hybridized carbons (Fsp3) is 0.400. The summed E-state index contributed by atoms with van der Waals surface area (Å²) in [4.78, 5) is 34.6. The summed E-state index contributed by atoms with van der Waals surface area (Å²) < 4.78 is 5.17. The number of hydrogen-bond donors (Lipinski definition) is 1. The highest BCUT2D eigenvalue weighted by molar-refractivity contribution is 5.96. The summed E-state index contributed by atoms with van der Waals surface area (Å²) in [6.45, 7) is 5.44. The molecular weight excluding hydrogens is 344 g/mol. The van der Waals surface area contributed by atoms with Gasteiger partial charge in [0.1, 0.15) is 0 Å². The zero-order valence-electron chi connectivity index (χ0n) is 15.6. The minimum atomic E-state index is -0.942. The zero-order valence-corrected chi connectivity index (χ0v) is 15.6. The first kappa shape index (κ1) is 18.8. The fourth-order valence-corrected chi connectivity index (χ4v) is 2.92. The van der Waals surface area contributed by atoms with Crippen molar-refractivity contribution in [2.45, 2.75) is 39.2 Å². The van der Waals surface area contributed by atoms with Crippen molar-refractivity contribution in [3.05, 3.63) is 48.0 Å². The van der Waals surface area contributed by atoms with Gasteiger partial charge in [-0.25, -0.2) is 9.78 Å². The number of hydrogen-bond acceptors (Lipinski definition) is 6. The van der Waals surface area contributed by atoms with E-state index in [1.54, 1.807) is 6.92 Å². The third kappa shape index (κ3) is 5.03. The number of aryl methyl sites for hydroxylation is 1. The van der Waals surface area contributed by atoms with E-state index in [4.69, 9.17) is 4.74 Å².